The SMILES string of the molecule is C1=CC2=C(c3ccccc3)N=C(c3cccc(-n4c5ccccc5c5ccc6c7c8ccccc8ccc7n(-c7ccccc7)c6c54)c3)NC2C=C1. The Kier molecular flexibility index (Phi) is 6.28. The van der Waals surface area contributed by atoms with E-state index in [1.807, 2.05) is 0 Å². The standard InChI is InChI=1S/C48H32N4/c1-3-15-32(16-4-1)45-39-23-9-11-24-41(39)49-48(50-45)33-17-13-20-35(30-33)52-42-25-12-10-22-37(42)38-27-28-40-44-36-21-8-7-14-31(36)26-29-43(44)51(47(40)46(38)52)34-18-5-2-6-19-34/h1-30,41H,(H,49,50). The number of aromatic nitrogens is 2. The van der Waals surface area contributed by atoms with Gasteiger partial charge in [0.2, 0.25) is 0 Å². The summed E-state index contributed by atoms with van der Waals surface area (Å²) in [4.78, 5) is 5.30. The first-order chi connectivity index (χ1) is 25.8. The fourth-order valence-electron chi connectivity index (χ4n) is 8.45. The molecule has 2 aromatic heterocycles. The molecule has 0 amide bonds. The topological polar surface area (TPSA) is 34.2 Å². The lowest BCUT2D eigenvalue weighted by atomic mass is 9.94. The number of amidine groups is 1. The van der Waals surface area contributed by atoms with E-state index in [1.54, 1.807) is 0 Å². The second kappa shape index (κ2) is 11.3. The van der Waals surface area contributed by atoms with Crippen molar-refractivity contribution in [2.24, 2.45) is 4.99 Å². The van der Waals surface area contributed by atoms with Crippen LogP contribution in [0, 0.1) is 0 Å². The summed E-state index contributed by atoms with van der Waals surface area (Å²) in [5.74, 6) is 0.866. The fraction of sp³-hybridized carbons (Fsp3) is 0.0208. The molecule has 1 aliphatic heterocycles. The number of benzene rings is 7. The van der Waals surface area contributed by atoms with Gasteiger partial charge in [0, 0.05) is 49.6 Å². The Morgan fingerprint density at radius 3 is 2.08 bits per heavy atom. The van der Waals surface area contributed by atoms with Crippen molar-refractivity contribution in [3.8, 4) is 11.4 Å². The Morgan fingerprint density at radius 1 is 0.500 bits per heavy atom. The first kappa shape index (κ1) is 28.9. The van der Waals surface area contributed by atoms with Crippen molar-refractivity contribution in [2.75, 3.05) is 0 Å². The lowest BCUT2D eigenvalue weighted by Gasteiger charge is -2.28. The molecular weight excluding hydrogens is 633 g/mol. The summed E-state index contributed by atoms with van der Waals surface area (Å²) in [6, 6.07) is 56.9. The van der Waals surface area contributed by atoms with E-state index in [0.29, 0.717) is 0 Å². The van der Waals surface area contributed by atoms with Crippen LogP contribution in [0.3, 0.4) is 0 Å². The Morgan fingerprint density at radius 2 is 1.19 bits per heavy atom. The number of allylic oxidation sites excluding steroid dienone is 2. The first-order valence-corrected chi connectivity index (χ1v) is 17.9. The number of fused-ring (bicyclic) bond motifs is 10. The zero-order valence-electron chi connectivity index (χ0n) is 28.2. The second-order valence-electron chi connectivity index (χ2n) is 13.6. The highest BCUT2D eigenvalue weighted by Crippen LogP contribution is 2.43. The summed E-state index contributed by atoms with van der Waals surface area (Å²) in [5.41, 5.74) is 11.3. The van der Waals surface area contributed by atoms with Crippen LogP contribution in [0.5, 0.6) is 0 Å². The summed E-state index contributed by atoms with van der Waals surface area (Å²) >= 11 is 0. The third-order valence-electron chi connectivity index (χ3n) is 10.7. The fourth-order valence-corrected chi connectivity index (χ4v) is 8.45. The number of hydrogen-bond acceptors (Lipinski definition) is 2. The monoisotopic (exact) mass is 664 g/mol. The van der Waals surface area contributed by atoms with E-state index >= 15 is 0 Å². The summed E-state index contributed by atoms with van der Waals surface area (Å²) in [6.07, 6.45) is 8.60. The average Bonchev–Trinajstić information content (AvgIpc) is 3.74. The Bertz CT molecular complexity index is 3030. The molecule has 0 saturated carbocycles. The van der Waals surface area contributed by atoms with E-state index < -0.39 is 0 Å². The largest absolute Gasteiger partial charge is 0.359 e. The summed E-state index contributed by atoms with van der Waals surface area (Å²) in [6.45, 7) is 0. The molecule has 244 valence electrons. The van der Waals surface area contributed by atoms with Gasteiger partial charge in [-0.15, -0.1) is 0 Å². The van der Waals surface area contributed by atoms with Crippen LogP contribution in [0.15, 0.2) is 193 Å². The number of nitrogens with zero attached hydrogens (tertiary/aromatic N) is 3. The average molecular weight is 665 g/mol. The molecule has 0 saturated heterocycles. The number of hydrogen-bond donors (Lipinski definition) is 1. The molecule has 0 bridgehead atoms. The van der Waals surface area contributed by atoms with Crippen LogP contribution >= 0.6 is 0 Å². The van der Waals surface area contributed by atoms with Crippen LogP contribution in [0.4, 0.5) is 0 Å². The van der Waals surface area contributed by atoms with Crippen molar-refractivity contribution in [3.05, 3.63) is 199 Å². The molecule has 4 heteroatoms. The third-order valence-corrected chi connectivity index (χ3v) is 10.7. The molecule has 1 N–H and O–H groups in total. The molecule has 1 aliphatic carbocycles. The lowest BCUT2D eigenvalue weighted by Crippen LogP contribution is -2.39. The van der Waals surface area contributed by atoms with Gasteiger partial charge in [0.1, 0.15) is 5.84 Å². The Hall–Kier alpha value is -6.91. The molecule has 4 nitrogen and oxygen atoms in total. The minimum Gasteiger partial charge on any atom is -0.359 e. The molecule has 1 atom stereocenters. The van der Waals surface area contributed by atoms with Crippen molar-refractivity contribution in [1.29, 1.82) is 0 Å². The zero-order valence-corrected chi connectivity index (χ0v) is 28.2. The van der Waals surface area contributed by atoms with Crippen molar-refractivity contribution in [1.82, 2.24) is 14.5 Å². The van der Waals surface area contributed by atoms with Crippen LogP contribution in [-0.2, 0) is 0 Å². The van der Waals surface area contributed by atoms with Crippen molar-refractivity contribution < 1.29 is 0 Å². The van der Waals surface area contributed by atoms with Gasteiger partial charge in [-0.2, -0.15) is 0 Å². The molecule has 0 fully saturated rings. The smallest absolute Gasteiger partial charge is 0.134 e. The lowest BCUT2D eigenvalue weighted by molar-refractivity contribution is 0.830. The second-order valence-corrected chi connectivity index (χ2v) is 13.6. The number of aliphatic imine (C=N–C) groups is 1. The number of nitrogens with one attached hydrogen (secondary N) is 1. The van der Waals surface area contributed by atoms with Gasteiger partial charge < -0.3 is 14.5 Å². The maximum Gasteiger partial charge on any atom is 0.134 e. The van der Waals surface area contributed by atoms with Crippen LogP contribution in [-0.4, -0.2) is 21.0 Å². The normalized spacial score (nSPS) is 15.5. The number of rotatable bonds is 4. The molecular formula is C48H32N4. The van der Waals surface area contributed by atoms with Gasteiger partial charge in [0.15, 0.2) is 0 Å². The van der Waals surface area contributed by atoms with Crippen molar-refractivity contribution >= 4 is 65.9 Å². The molecule has 1 unspecified atom stereocenters. The molecule has 9 aromatic rings. The Balaban J connectivity index is 1.22. The predicted octanol–water partition coefficient (Wildman–Crippen LogP) is 11.3. The van der Waals surface area contributed by atoms with E-state index in [9.17, 15) is 0 Å². The molecule has 0 spiro atoms. The molecule has 2 aliphatic rings. The quantitative estimate of drug-likeness (QED) is 0.200. The van der Waals surface area contributed by atoms with Gasteiger partial charge in [-0.3, -0.25) is 0 Å². The summed E-state index contributed by atoms with van der Waals surface area (Å²) in [5, 5.41) is 11.2. The van der Waals surface area contributed by atoms with Crippen LogP contribution in [0.25, 0.3) is 71.5 Å². The zero-order chi connectivity index (χ0) is 34.2. The summed E-state index contributed by atoms with van der Waals surface area (Å²) < 4.78 is 4.93. The van der Waals surface area contributed by atoms with Gasteiger partial charge in [-0.1, -0.05) is 146 Å². The molecule has 11 rings (SSSR count). The molecule has 52 heavy (non-hydrogen) atoms. The Labute approximate surface area is 300 Å². The first-order valence-electron chi connectivity index (χ1n) is 17.9. The van der Waals surface area contributed by atoms with Crippen LogP contribution in [0.2, 0.25) is 0 Å². The van der Waals surface area contributed by atoms with Gasteiger partial charge in [0.25, 0.3) is 0 Å². The molecule has 0 radical (unpaired) electrons. The van der Waals surface area contributed by atoms with E-state index in [1.165, 1.54) is 60.0 Å². The van der Waals surface area contributed by atoms with Gasteiger partial charge in [-0.25, -0.2) is 4.99 Å². The molecule has 3 heterocycles. The minimum atomic E-state index is 0.0422. The van der Waals surface area contributed by atoms with Crippen molar-refractivity contribution in [3.63, 3.8) is 0 Å². The van der Waals surface area contributed by atoms with E-state index in [4.69, 9.17) is 4.99 Å². The van der Waals surface area contributed by atoms with Crippen LogP contribution in [0.1, 0.15) is 11.1 Å². The highest BCUT2D eigenvalue weighted by atomic mass is 15.1. The molecule has 7 aromatic carbocycles. The van der Waals surface area contributed by atoms with E-state index in [2.05, 4.69) is 196 Å². The van der Waals surface area contributed by atoms with E-state index in [0.717, 1.165) is 34.0 Å². The van der Waals surface area contributed by atoms with E-state index in [-0.39, 0.29) is 6.04 Å². The van der Waals surface area contributed by atoms with Gasteiger partial charge >= 0.3 is 0 Å². The summed E-state index contributed by atoms with van der Waals surface area (Å²) in [7, 11) is 0. The maximum atomic E-state index is 5.30. The van der Waals surface area contributed by atoms with Crippen molar-refractivity contribution in [2.45, 2.75) is 6.04 Å². The highest BCUT2D eigenvalue weighted by Gasteiger charge is 2.26. The highest BCUT2D eigenvalue weighted by molar-refractivity contribution is 6.28. The van der Waals surface area contributed by atoms with Crippen LogP contribution < -0.4 is 5.32 Å². The maximum absolute atomic E-state index is 5.30. The van der Waals surface area contributed by atoms with Gasteiger partial charge in [0.05, 0.1) is 33.8 Å². The van der Waals surface area contributed by atoms with Gasteiger partial charge in [-0.05, 0) is 47.2 Å². The predicted molar refractivity (Wildman–Crippen MR) is 218 cm³/mol. The number of para-hydroxylation sites is 2. The third kappa shape index (κ3) is 4.25. The minimum absolute atomic E-state index is 0.0422.